The summed E-state index contributed by atoms with van der Waals surface area (Å²) in [5.41, 5.74) is 5.28. The second-order valence-electron chi connectivity index (χ2n) is 2.39. The standard InChI is InChI=1S/C6H7BrN2O3S/c7-4-1-3(13(9,11)12)2-5(8)6(4)10/h1-2,10H,8H2,(H2,9,11,12). The van der Waals surface area contributed by atoms with E-state index in [1.54, 1.807) is 0 Å². The molecule has 0 aliphatic heterocycles. The lowest BCUT2D eigenvalue weighted by Crippen LogP contribution is -2.12. The van der Waals surface area contributed by atoms with Gasteiger partial charge in [0.05, 0.1) is 15.1 Å². The lowest BCUT2D eigenvalue weighted by Gasteiger charge is -2.04. The first-order valence-corrected chi connectivity index (χ1v) is 5.47. The molecule has 5 N–H and O–H groups in total. The van der Waals surface area contributed by atoms with Gasteiger partial charge >= 0.3 is 0 Å². The van der Waals surface area contributed by atoms with Crippen molar-refractivity contribution in [3.8, 4) is 5.75 Å². The zero-order valence-corrected chi connectivity index (χ0v) is 8.76. The predicted octanol–water partition coefficient (Wildman–Crippen LogP) is 0.384. The first-order valence-electron chi connectivity index (χ1n) is 3.13. The van der Waals surface area contributed by atoms with E-state index in [0.29, 0.717) is 0 Å². The number of aromatic hydroxyl groups is 1. The largest absolute Gasteiger partial charge is 0.505 e. The van der Waals surface area contributed by atoms with Gasteiger partial charge < -0.3 is 10.8 Å². The lowest BCUT2D eigenvalue weighted by atomic mass is 10.3. The highest BCUT2D eigenvalue weighted by Crippen LogP contribution is 2.32. The number of nitrogens with two attached hydrogens (primary N) is 2. The highest BCUT2D eigenvalue weighted by Gasteiger charge is 2.12. The van der Waals surface area contributed by atoms with E-state index < -0.39 is 10.0 Å². The molecule has 13 heavy (non-hydrogen) atoms. The number of benzene rings is 1. The second kappa shape index (κ2) is 3.17. The molecule has 0 aromatic heterocycles. The van der Waals surface area contributed by atoms with Crippen LogP contribution in [0.1, 0.15) is 0 Å². The fourth-order valence-electron chi connectivity index (χ4n) is 0.759. The van der Waals surface area contributed by atoms with Gasteiger partial charge in [-0.1, -0.05) is 0 Å². The minimum absolute atomic E-state index is 0.0431. The normalized spacial score (nSPS) is 11.5. The summed E-state index contributed by atoms with van der Waals surface area (Å²) in [7, 11) is -3.79. The Hall–Kier alpha value is -0.790. The molecule has 0 aliphatic rings. The highest BCUT2D eigenvalue weighted by atomic mass is 79.9. The monoisotopic (exact) mass is 266 g/mol. The molecule has 1 aromatic rings. The van der Waals surface area contributed by atoms with Crippen LogP contribution in [0.5, 0.6) is 5.75 Å². The van der Waals surface area contributed by atoms with E-state index in [0.717, 1.165) is 6.07 Å². The van der Waals surface area contributed by atoms with Gasteiger partial charge in [0.25, 0.3) is 0 Å². The van der Waals surface area contributed by atoms with Gasteiger partial charge in [0, 0.05) is 0 Å². The number of sulfonamides is 1. The molecule has 0 bridgehead atoms. The van der Waals surface area contributed by atoms with E-state index in [1.807, 2.05) is 0 Å². The maximum atomic E-state index is 10.9. The molecule has 0 fully saturated rings. The maximum Gasteiger partial charge on any atom is 0.238 e. The average Bonchev–Trinajstić information content (AvgIpc) is 1.97. The van der Waals surface area contributed by atoms with Gasteiger partial charge in [-0.05, 0) is 28.1 Å². The maximum absolute atomic E-state index is 10.9. The Morgan fingerprint density at radius 2 is 1.92 bits per heavy atom. The summed E-state index contributed by atoms with van der Waals surface area (Å²) in [5, 5.41) is 14.0. The van der Waals surface area contributed by atoms with E-state index >= 15 is 0 Å². The molecule has 72 valence electrons. The van der Waals surface area contributed by atoms with Gasteiger partial charge in [0.1, 0.15) is 0 Å². The van der Waals surface area contributed by atoms with Crippen molar-refractivity contribution in [1.29, 1.82) is 0 Å². The molecule has 7 heteroatoms. The third-order valence-corrected chi connectivity index (χ3v) is 2.89. The Balaban J connectivity index is 3.47. The van der Waals surface area contributed by atoms with Crippen LogP contribution in [0, 0.1) is 0 Å². The molecule has 0 amide bonds. The molecule has 1 aromatic carbocycles. The topological polar surface area (TPSA) is 106 Å². The van der Waals surface area contributed by atoms with E-state index in [-0.39, 0.29) is 20.8 Å². The molecule has 0 unspecified atom stereocenters. The molecule has 0 saturated carbocycles. The fraction of sp³-hybridized carbons (Fsp3) is 0. The van der Waals surface area contributed by atoms with Crippen LogP contribution < -0.4 is 10.9 Å². The Morgan fingerprint density at radius 1 is 1.38 bits per heavy atom. The summed E-state index contributed by atoms with van der Waals surface area (Å²) < 4.78 is 21.9. The van der Waals surface area contributed by atoms with Crippen molar-refractivity contribution >= 4 is 31.6 Å². The molecule has 1 rings (SSSR count). The molecule has 0 radical (unpaired) electrons. The Labute approximate surface area is 83.5 Å². The number of primary sulfonamides is 1. The van der Waals surface area contributed by atoms with Gasteiger partial charge in [-0.3, -0.25) is 0 Å². The van der Waals surface area contributed by atoms with Crippen molar-refractivity contribution in [1.82, 2.24) is 0 Å². The SMILES string of the molecule is Nc1cc(S(N)(=O)=O)cc(Br)c1O. The van der Waals surface area contributed by atoms with Crippen molar-refractivity contribution in [2.45, 2.75) is 4.90 Å². The Bertz CT molecular complexity index is 420. The summed E-state index contributed by atoms with van der Waals surface area (Å²) in [6.45, 7) is 0. The molecule has 0 heterocycles. The van der Waals surface area contributed by atoms with E-state index in [4.69, 9.17) is 10.9 Å². The summed E-state index contributed by atoms with van der Waals surface area (Å²) in [6, 6.07) is 2.27. The highest BCUT2D eigenvalue weighted by molar-refractivity contribution is 9.10. The zero-order chi connectivity index (χ0) is 10.2. The number of hydrogen-bond acceptors (Lipinski definition) is 4. The molecular formula is C6H7BrN2O3S. The van der Waals surface area contributed by atoms with E-state index in [9.17, 15) is 13.5 Å². The molecule has 5 nitrogen and oxygen atoms in total. The smallest absolute Gasteiger partial charge is 0.238 e. The van der Waals surface area contributed by atoms with Gasteiger partial charge in [0.2, 0.25) is 10.0 Å². The predicted molar refractivity (Wildman–Crippen MR) is 51.6 cm³/mol. The third kappa shape index (κ3) is 2.11. The van der Waals surface area contributed by atoms with E-state index in [1.165, 1.54) is 6.07 Å². The lowest BCUT2D eigenvalue weighted by molar-refractivity contribution is 0.474. The minimum atomic E-state index is -3.79. The van der Waals surface area contributed by atoms with Crippen LogP contribution in [-0.4, -0.2) is 13.5 Å². The van der Waals surface area contributed by atoms with Crippen LogP contribution in [0.15, 0.2) is 21.5 Å². The van der Waals surface area contributed by atoms with E-state index in [2.05, 4.69) is 15.9 Å². The zero-order valence-electron chi connectivity index (χ0n) is 6.36. The molecule has 0 saturated heterocycles. The van der Waals surface area contributed by atoms with Crippen molar-refractivity contribution in [3.05, 3.63) is 16.6 Å². The van der Waals surface area contributed by atoms with Crippen molar-refractivity contribution in [3.63, 3.8) is 0 Å². The molecular weight excluding hydrogens is 260 g/mol. The molecule has 0 spiro atoms. The Morgan fingerprint density at radius 3 is 2.31 bits per heavy atom. The first kappa shape index (κ1) is 10.3. The number of halogens is 1. The van der Waals surface area contributed by atoms with Gasteiger partial charge in [-0.15, -0.1) is 0 Å². The average molecular weight is 267 g/mol. The van der Waals surface area contributed by atoms with Crippen LogP contribution >= 0.6 is 15.9 Å². The number of phenols is 1. The molecule has 0 atom stereocenters. The van der Waals surface area contributed by atoms with Crippen molar-refractivity contribution in [2.75, 3.05) is 5.73 Å². The number of phenolic OH excluding ortho intramolecular Hbond substituents is 1. The van der Waals surface area contributed by atoms with Crippen molar-refractivity contribution in [2.24, 2.45) is 5.14 Å². The summed E-state index contributed by atoms with van der Waals surface area (Å²) in [5.74, 6) is -0.201. The Kier molecular flexibility index (Phi) is 2.51. The number of nitrogen functional groups attached to an aromatic ring is 1. The fourth-order valence-corrected chi connectivity index (χ4v) is 1.96. The third-order valence-electron chi connectivity index (χ3n) is 1.39. The van der Waals surface area contributed by atoms with Crippen LogP contribution in [0.2, 0.25) is 0 Å². The number of rotatable bonds is 1. The molecule has 0 aliphatic carbocycles. The quantitative estimate of drug-likeness (QED) is 0.505. The van der Waals surface area contributed by atoms with Gasteiger partial charge in [0.15, 0.2) is 5.75 Å². The summed E-state index contributed by atoms with van der Waals surface area (Å²) in [6.07, 6.45) is 0. The van der Waals surface area contributed by atoms with Crippen LogP contribution in [0.3, 0.4) is 0 Å². The van der Waals surface area contributed by atoms with Crippen LogP contribution in [0.25, 0.3) is 0 Å². The number of anilines is 1. The van der Waals surface area contributed by atoms with Crippen LogP contribution in [-0.2, 0) is 10.0 Å². The van der Waals surface area contributed by atoms with Crippen molar-refractivity contribution < 1.29 is 13.5 Å². The first-order chi connectivity index (χ1) is 5.82. The number of hydrogen-bond donors (Lipinski definition) is 3. The summed E-state index contributed by atoms with van der Waals surface area (Å²) in [4.78, 5) is -0.144. The van der Waals surface area contributed by atoms with Gasteiger partial charge in [-0.2, -0.15) is 0 Å². The van der Waals surface area contributed by atoms with Crippen LogP contribution in [0.4, 0.5) is 5.69 Å². The van der Waals surface area contributed by atoms with Gasteiger partial charge in [-0.25, -0.2) is 13.6 Å². The minimum Gasteiger partial charge on any atom is -0.505 e. The second-order valence-corrected chi connectivity index (χ2v) is 4.80. The summed E-state index contributed by atoms with van der Waals surface area (Å²) >= 11 is 2.94.